The minimum absolute atomic E-state index is 0.0689. The van der Waals surface area contributed by atoms with Gasteiger partial charge in [-0.15, -0.1) is 0 Å². The second kappa shape index (κ2) is 7.17. The summed E-state index contributed by atoms with van der Waals surface area (Å²) in [7, 11) is 0. The Labute approximate surface area is 117 Å². The number of hydrogen-bond donors (Lipinski definition) is 2. The van der Waals surface area contributed by atoms with E-state index in [4.69, 9.17) is 5.73 Å². The zero-order valence-electron chi connectivity index (χ0n) is 10.7. The Morgan fingerprint density at radius 1 is 1.53 bits per heavy atom. The Morgan fingerprint density at radius 3 is 3.05 bits per heavy atom. The third kappa shape index (κ3) is 3.98. The molecule has 0 spiro atoms. The molecule has 0 atom stereocenters. The van der Waals surface area contributed by atoms with Gasteiger partial charge >= 0.3 is 0 Å². The maximum atomic E-state index is 12.3. The van der Waals surface area contributed by atoms with Crippen LogP contribution in [0.25, 0.3) is 0 Å². The number of carbonyl (C=O) groups excluding carboxylic acids is 1. The van der Waals surface area contributed by atoms with Crippen molar-refractivity contribution in [2.75, 3.05) is 18.1 Å². The molecular formula is C14H17N3OS. The first-order valence-corrected chi connectivity index (χ1v) is 7.48. The first kappa shape index (κ1) is 13.9. The van der Waals surface area contributed by atoms with Crippen molar-refractivity contribution < 1.29 is 4.79 Å². The Kier molecular flexibility index (Phi) is 5.25. The molecule has 100 valence electrons. The number of nitrogens with zero attached hydrogens (tertiary/aromatic N) is 1. The molecule has 5 heteroatoms. The van der Waals surface area contributed by atoms with Gasteiger partial charge in [-0.3, -0.25) is 9.78 Å². The highest BCUT2D eigenvalue weighted by Crippen LogP contribution is 2.17. The number of amides is 1. The quantitative estimate of drug-likeness (QED) is 0.791. The van der Waals surface area contributed by atoms with Crippen molar-refractivity contribution in [3.05, 3.63) is 29.6 Å². The van der Waals surface area contributed by atoms with Crippen LogP contribution in [0.5, 0.6) is 0 Å². The van der Waals surface area contributed by atoms with E-state index in [0.29, 0.717) is 11.1 Å². The van der Waals surface area contributed by atoms with E-state index >= 15 is 0 Å². The van der Waals surface area contributed by atoms with Crippen LogP contribution in [0.1, 0.15) is 28.8 Å². The molecule has 1 amide bonds. The van der Waals surface area contributed by atoms with Crippen molar-refractivity contribution in [1.29, 1.82) is 0 Å². The summed E-state index contributed by atoms with van der Waals surface area (Å²) >= 11 is 1.94. The molecule has 4 nitrogen and oxygen atoms in total. The van der Waals surface area contributed by atoms with E-state index in [1.54, 1.807) is 18.5 Å². The largest absolute Gasteiger partial charge is 0.349 e. The molecule has 1 aliphatic heterocycles. The molecule has 1 aromatic heterocycles. The highest BCUT2D eigenvalue weighted by atomic mass is 32.2. The maximum Gasteiger partial charge on any atom is 0.252 e. The summed E-state index contributed by atoms with van der Waals surface area (Å²) in [5, 5.41) is 3.07. The Bertz CT molecular complexity index is 501. The first-order valence-electron chi connectivity index (χ1n) is 6.33. The smallest absolute Gasteiger partial charge is 0.252 e. The molecule has 1 aromatic rings. The lowest BCUT2D eigenvalue weighted by atomic mass is 10.1. The average Bonchev–Trinajstić information content (AvgIpc) is 2.46. The monoisotopic (exact) mass is 275 g/mol. The summed E-state index contributed by atoms with van der Waals surface area (Å²) in [6.07, 6.45) is 5.28. The predicted octanol–water partition coefficient (Wildman–Crippen LogP) is 1.02. The van der Waals surface area contributed by atoms with Crippen LogP contribution in [-0.2, 0) is 0 Å². The summed E-state index contributed by atoms with van der Waals surface area (Å²) < 4.78 is 0. The summed E-state index contributed by atoms with van der Waals surface area (Å²) in [4.78, 5) is 16.3. The van der Waals surface area contributed by atoms with Gasteiger partial charge in [0.25, 0.3) is 5.91 Å². The van der Waals surface area contributed by atoms with Gasteiger partial charge in [-0.1, -0.05) is 11.8 Å². The van der Waals surface area contributed by atoms with E-state index in [1.807, 2.05) is 11.8 Å². The maximum absolute atomic E-state index is 12.3. The van der Waals surface area contributed by atoms with Gasteiger partial charge in [-0.25, -0.2) is 0 Å². The van der Waals surface area contributed by atoms with E-state index < -0.39 is 0 Å². The highest BCUT2D eigenvalue weighted by molar-refractivity contribution is 7.99. The van der Waals surface area contributed by atoms with Gasteiger partial charge in [-0.05, 0) is 30.4 Å². The fraction of sp³-hybridized carbons (Fsp3) is 0.429. The molecule has 0 aromatic carbocycles. The number of nitrogens with two attached hydrogens (primary N) is 1. The molecule has 2 rings (SSSR count). The molecule has 0 unspecified atom stereocenters. The summed E-state index contributed by atoms with van der Waals surface area (Å²) in [5.74, 6) is 7.80. The average molecular weight is 275 g/mol. The minimum atomic E-state index is -0.0689. The highest BCUT2D eigenvalue weighted by Gasteiger charge is 2.18. The fourth-order valence-corrected chi connectivity index (χ4v) is 3.05. The number of carbonyl (C=O) groups is 1. The topological polar surface area (TPSA) is 68.0 Å². The molecule has 2 heterocycles. The van der Waals surface area contributed by atoms with Crippen LogP contribution in [0.15, 0.2) is 18.5 Å². The van der Waals surface area contributed by atoms with Crippen LogP contribution in [0.2, 0.25) is 0 Å². The van der Waals surface area contributed by atoms with Crippen LogP contribution in [0.4, 0.5) is 0 Å². The standard InChI is InChI=1S/C14H17N3OS/c15-6-1-2-11-10-16-7-3-13(11)14(18)17-12-4-8-19-9-5-12/h3,7,10,12H,4-6,8-9,15H2,(H,17,18). The number of pyridine rings is 1. The summed E-state index contributed by atoms with van der Waals surface area (Å²) in [6.45, 7) is 0.274. The van der Waals surface area contributed by atoms with E-state index in [-0.39, 0.29) is 18.5 Å². The van der Waals surface area contributed by atoms with Crippen LogP contribution in [0.3, 0.4) is 0 Å². The van der Waals surface area contributed by atoms with Crippen molar-refractivity contribution >= 4 is 17.7 Å². The number of thioether (sulfide) groups is 1. The predicted molar refractivity (Wildman–Crippen MR) is 78.0 cm³/mol. The Morgan fingerprint density at radius 2 is 2.32 bits per heavy atom. The lowest BCUT2D eigenvalue weighted by molar-refractivity contribution is 0.0934. The van der Waals surface area contributed by atoms with Crippen LogP contribution in [-0.4, -0.2) is 35.0 Å². The van der Waals surface area contributed by atoms with E-state index in [2.05, 4.69) is 22.1 Å². The van der Waals surface area contributed by atoms with Gasteiger partial charge in [0.1, 0.15) is 0 Å². The molecule has 0 aliphatic carbocycles. The van der Waals surface area contributed by atoms with Gasteiger partial charge in [0.2, 0.25) is 0 Å². The normalized spacial score (nSPS) is 15.4. The van der Waals surface area contributed by atoms with Gasteiger partial charge in [-0.2, -0.15) is 11.8 Å². The third-order valence-corrected chi connectivity index (χ3v) is 4.00. The molecule has 0 bridgehead atoms. The molecule has 1 saturated heterocycles. The Hall–Kier alpha value is -1.51. The minimum Gasteiger partial charge on any atom is -0.349 e. The summed E-state index contributed by atoms with van der Waals surface area (Å²) in [5.41, 5.74) is 6.57. The number of hydrogen-bond acceptors (Lipinski definition) is 4. The van der Waals surface area contributed by atoms with Gasteiger partial charge in [0.05, 0.1) is 17.7 Å². The molecule has 1 aliphatic rings. The SMILES string of the molecule is NCC#Cc1cnccc1C(=O)NC1CCSCC1. The molecule has 1 fully saturated rings. The molecule has 3 N–H and O–H groups in total. The van der Waals surface area contributed by atoms with Crippen LogP contribution in [0, 0.1) is 11.8 Å². The van der Waals surface area contributed by atoms with Gasteiger partial charge < -0.3 is 11.1 Å². The Balaban J connectivity index is 2.09. The number of rotatable bonds is 2. The van der Waals surface area contributed by atoms with Crippen molar-refractivity contribution in [1.82, 2.24) is 10.3 Å². The summed E-state index contributed by atoms with van der Waals surface area (Å²) in [6, 6.07) is 1.98. The molecular weight excluding hydrogens is 258 g/mol. The first-order chi connectivity index (χ1) is 9.31. The molecule has 0 saturated carbocycles. The van der Waals surface area contributed by atoms with Gasteiger partial charge in [0, 0.05) is 18.4 Å². The van der Waals surface area contributed by atoms with Gasteiger partial charge in [0.15, 0.2) is 0 Å². The van der Waals surface area contributed by atoms with Crippen LogP contribution < -0.4 is 11.1 Å². The second-order valence-corrected chi connectivity index (χ2v) is 5.51. The zero-order valence-corrected chi connectivity index (χ0v) is 11.5. The van der Waals surface area contributed by atoms with Crippen molar-refractivity contribution in [2.45, 2.75) is 18.9 Å². The lowest BCUT2D eigenvalue weighted by Crippen LogP contribution is -2.37. The van der Waals surface area contributed by atoms with Crippen molar-refractivity contribution in [2.24, 2.45) is 5.73 Å². The number of aromatic nitrogens is 1. The second-order valence-electron chi connectivity index (χ2n) is 4.29. The fourth-order valence-electron chi connectivity index (χ4n) is 1.94. The van der Waals surface area contributed by atoms with Crippen molar-refractivity contribution in [3.63, 3.8) is 0 Å². The lowest BCUT2D eigenvalue weighted by Gasteiger charge is -2.22. The molecule has 0 radical (unpaired) electrons. The van der Waals surface area contributed by atoms with E-state index in [9.17, 15) is 4.79 Å². The zero-order chi connectivity index (χ0) is 13.5. The van der Waals surface area contributed by atoms with Crippen molar-refractivity contribution in [3.8, 4) is 11.8 Å². The molecule has 19 heavy (non-hydrogen) atoms. The number of nitrogens with one attached hydrogen (secondary N) is 1. The third-order valence-electron chi connectivity index (χ3n) is 2.95. The van der Waals surface area contributed by atoms with E-state index in [0.717, 1.165) is 24.3 Å². The van der Waals surface area contributed by atoms with E-state index in [1.165, 1.54) is 0 Å². The van der Waals surface area contributed by atoms with Crippen LogP contribution >= 0.6 is 11.8 Å².